The molecule has 11 heteroatoms. The van der Waals surface area contributed by atoms with Crippen LogP contribution in [-0.2, 0) is 9.53 Å². The van der Waals surface area contributed by atoms with Crippen LogP contribution in [-0.4, -0.2) is 56.5 Å². The van der Waals surface area contributed by atoms with Gasteiger partial charge < -0.3 is 34.7 Å². The number of aliphatic hydroxyl groups excluding tert-OH is 1. The predicted octanol–water partition coefficient (Wildman–Crippen LogP) is 2.61. The number of para-hydroxylation sites is 1. The fourth-order valence-electron chi connectivity index (χ4n) is 3.69. The number of carbonyl (C=O) groups excluding carboxylic acids is 2. The highest BCUT2D eigenvalue weighted by molar-refractivity contribution is 5.95. The van der Waals surface area contributed by atoms with E-state index in [0.717, 1.165) is 5.56 Å². The Morgan fingerprint density at radius 2 is 1.84 bits per heavy atom. The highest BCUT2D eigenvalue weighted by atomic mass is 16.5. The van der Waals surface area contributed by atoms with E-state index in [0.29, 0.717) is 41.7 Å². The Labute approximate surface area is 215 Å². The fourth-order valence-corrected chi connectivity index (χ4v) is 3.69. The smallest absolute Gasteiger partial charge is 0.337 e. The second-order valence-electron chi connectivity index (χ2n) is 7.89. The zero-order chi connectivity index (χ0) is 26.8. The van der Waals surface area contributed by atoms with E-state index in [1.54, 1.807) is 31.3 Å². The molecule has 0 saturated heterocycles. The first-order valence-electron chi connectivity index (χ1n) is 11.8. The number of urea groups is 1. The number of esters is 1. The maximum absolute atomic E-state index is 12.4. The number of aliphatic hydroxyl groups is 1. The molecule has 0 aromatic heterocycles. The molecule has 1 aliphatic heterocycles. The number of hydrogen-bond donors (Lipinski definition) is 4. The average Bonchev–Trinajstić information content (AvgIpc) is 2.88. The van der Waals surface area contributed by atoms with Crippen LogP contribution >= 0.6 is 0 Å². The van der Waals surface area contributed by atoms with Gasteiger partial charge in [-0.25, -0.2) is 9.59 Å². The van der Waals surface area contributed by atoms with Gasteiger partial charge in [0.05, 0.1) is 38.2 Å². The lowest BCUT2D eigenvalue weighted by Crippen LogP contribution is -2.45. The van der Waals surface area contributed by atoms with Crippen LogP contribution in [0.1, 0.15) is 37.9 Å². The number of hydrazone groups is 1. The minimum Gasteiger partial charge on any atom is -0.493 e. The van der Waals surface area contributed by atoms with Crippen LogP contribution in [0.2, 0.25) is 0 Å². The van der Waals surface area contributed by atoms with E-state index >= 15 is 0 Å². The molecule has 0 aliphatic carbocycles. The van der Waals surface area contributed by atoms with E-state index in [2.05, 4.69) is 21.2 Å². The first-order valence-corrected chi connectivity index (χ1v) is 11.8. The maximum Gasteiger partial charge on any atom is 0.337 e. The third-order valence-corrected chi connectivity index (χ3v) is 5.32. The minimum atomic E-state index is -1.11. The number of nitrogens with zero attached hydrogens (tertiary/aromatic N) is 1. The van der Waals surface area contributed by atoms with E-state index in [1.165, 1.54) is 7.11 Å². The van der Waals surface area contributed by atoms with Crippen LogP contribution < -0.4 is 30.3 Å². The van der Waals surface area contributed by atoms with Crippen LogP contribution in [0, 0.1) is 0 Å². The molecule has 1 heterocycles. The number of hydrogen-bond acceptors (Lipinski definition) is 9. The van der Waals surface area contributed by atoms with Crippen molar-refractivity contribution < 1.29 is 33.6 Å². The molecule has 37 heavy (non-hydrogen) atoms. The van der Waals surface area contributed by atoms with Crippen LogP contribution in [0.4, 0.5) is 4.79 Å². The molecule has 0 fully saturated rings. The summed E-state index contributed by atoms with van der Waals surface area (Å²) in [6.07, 6.45) is 0.445. The SMILES string of the molecule is CCOc1ccccc1/C=N/N[C@@H](O)COc1ccc([C@H]2NC(=O)NC(C)=C2C(=O)OC)cc1OCC. The van der Waals surface area contributed by atoms with Gasteiger partial charge in [-0.3, -0.25) is 5.43 Å². The molecule has 0 bridgehead atoms. The molecule has 2 aromatic rings. The minimum absolute atomic E-state index is 0.125. The Hall–Kier alpha value is -4.25. The van der Waals surface area contributed by atoms with Gasteiger partial charge in [-0.05, 0) is 50.6 Å². The van der Waals surface area contributed by atoms with Gasteiger partial charge in [0.25, 0.3) is 0 Å². The van der Waals surface area contributed by atoms with Crippen molar-refractivity contribution in [2.75, 3.05) is 26.9 Å². The number of nitrogens with one attached hydrogen (secondary N) is 3. The Morgan fingerprint density at radius 1 is 1.11 bits per heavy atom. The number of carbonyl (C=O) groups is 2. The third kappa shape index (κ3) is 7.14. The molecule has 2 amide bonds. The Bertz CT molecular complexity index is 1170. The zero-order valence-corrected chi connectivity index (χ0v) is 21.2. The Kier molecular flexibility index (Phi) is 9.73. The number of benzene rings is 2. The van der Waals surface area contributed by atoms with Crippen molar-refractivity contribution in [3.63, 3.8) is 0 Å². The molecule has 0 spiro atoms. The van der Waals surface area contributed by atoms with Gasteiger partial charge in [0.2, 0.25) is 0 Å². The summed E-state index contributed by atoms with van der Waals surface area (Å²) in [5, 5.41) is 19.7. The number of ether oxygens (including phenoxy) is 4. The maximum atomic E-state index is 12.4. The molecule has 3 rings (SSSR count). The molecular formula is C26H32N4O7. The van der Waals surface area contributed by atoms with E-state index in [9.17, 15) is 14.7 Å². The summed E-state index contributed by atoms with van der Waals surface area (Å²) in [5.41, 5.74) is 4.65. The van der Waals surface area contributed by atoms with E-state index in [-0.39, 0.29) is 12.2 Å². The van der Waals surface area contributed by atoms with Crippen molar-refractivity contribution in [1.29, 1.82) is 0 Å². The normalized spacial score (nSPS) is 16.0. The summed E-state index contributed by atoms with van der Waals surface area (Å²) in [4.78, 5) is 24.4. The predicted molar refractivity (Wildman–Crippen MR) is 137 cm³/mol. The molecule has 11 nitrogen and oxygen atoms in total. The molecule has 0 saturated carbocycles. The molecule has 2 atom stereocenters. The summed E-state index contributed by atoms with van der Waals surface area (Å²) in [6.45, 7) is 6.10. The van der Waals surface area contributed by atoms with Gasteiger partial charge in [0, 0.05) is 11.3 Å². The molecular weight excluding hydrogens is 480 g/mol. The quantitative estimate of drug-likeness (QED) is 0.147. The molecule has 2 aromatic carbocycles. The van der Waals surface area contributed by atoms with Crippen LogP contribution in [0.25, 0.3) is 0 Å². The highest BCUT2D eigenvalue weighted by Crippen LogP contribution is 2.34. The van der Waals surface area contributed by atoms with Gasteiger partial charge >= 0.3 is 12.0 Å². The Balaban J connectivity index is 1.70. The van der Waals surface area contributed by atoms with Crippen LogP contribution in [0.3, 0.4) is 0 Å². The van der Waals surface area contributed by atoms with Crippen molar-refractivity contribution in [2.45, 2.75) is 33.0 Å². The second-order valence-corrected chi connectivity index (χ2v) is 7.89. The van der Waals surface area contributed by atoms with Gasteiger partial charge in [-0.1, -0.05) is 18.2 Å². The van der Waals surface area contributed by atoms with Crippen molar-refractivity contribution in [1.82, 2.24) is 16.1 Å². The number of methoxy groups -OCH3 is 1. The van der Waals surface area contributed by atoms with Crippen LogP contribution in [0.5, 0.6) is 17.2 Å². The van der Waals surface area contributed by atoms with Crippen molar-refractivity contribution in [3.05, 3.63) is 64.9 Å². The van der Waals surface area contributed by atoms with E-state index < -0.39 is 24.3 Å². The van der Waals surface area contributed by atoms with Gasteiger partial charge in [0.1, 0.15) is 12.4 Å². The number of allylic oxidation sites excluding steroid dienone is 1. The van der Waals surface area contributed by atoms with Crippen LogP contribution in [0.15, 0.2) is 58.8 Å². The third-order valence-electron chi connectivity index (χ3n) is 5.32. The summed E-state index contributed by atoms with van der Waals surface area (Å²) in [5.74, 6) is 0.883. The van der Waals surface area contributed by atoms with Gasteiger partial charge in [-0.2, -0.15) is 5.10 Å². The molecule has 4 N–H and O–H groups in total. The number of amides is 2. The summed E-state index contributed by atoms with van der Waals surface area (Å²) < 4.78 is 21.9. The average molecular weight is 513 g/mol. The number of rotatable bonds is 12. The standard InChI is InChI=1S/C26H32N4O7/c1-5-35-19-10-8-7-9-18(19)14-27-30-22(31)15-37-20-12-11-17(13-21(20)36-6-2)24-23(25(32)34-4)16(3)28-26(33)29-24/h7-14,22,24,30-31H,5-6,15H2,1-4H3,(H2,28,29,33)/b27-14+/t22-,24+/m0/s1. The monoisotopic (exact) mass is 512 g/mol. The summed E-state index contributed by atoms with van der Waals surface area (Å²) >= 11 is 0. The van der Waals surface area contributed by atoms with Crippen molar-refractivity contribution in [3.8, 4) is 17.2 Å². The second kappa shape index (κ2) is 13.2. The largest absolute Gasteiger partial charge is 0.493 e. The van der Waals surface area contributed by atoms with E-state index in [1.807, 2.05) is 38.1 Å². The molecule has 1 aliphatic rings. The lowest BCUT2D eigenvalue weighted by molar-refractivity contribution is -0.136. The summed E-state index contributed by atoms with van der Waals surface area (Å²) in [6, 6.07) is 11.3. The first kappa shape index (κ1) is 27.3. The Morgan fingerprint density at radius 3 is 2.57 bits per heavy atom. The topological polar surface area (TPSA) is 140 Å². The van der Waals surface area contributed by atoms with Gasteiger partial charge in [0.15, 0.2) is 17.7 Å². The fraction of sp³-hybridized carbons (Fsp3) is 0.346. The summed E-state index contributed by atoms with van der Waals surface area (Å²) in [7, 11) is 1.28. The highest BCUT2D eigenvalue weighted by Gasteiger charge is 2.32. The van der Waals surface area contributed by atoms with Gasteiger partial charge in [-0.15, -0.1) is 0 Å². The molecule has 0 unspecified atom stereocenters. The lowest BCUT2D eigenvalue weighted by Gasteiger charge is -2.28. The molecule has 198 valence electrons. The van der Waals surface area contributed by atoms with Crippen molar-refractivity contribution >= 4 is 18.2 Å². The first-order chi connectivity index (χ1) is 17.9. The molecule has 0 radical (unpaired) electrons. The lowest BCUT2D eigenvalue weighted by atomic mass is 9.95. The van der Waals surface area contributed by atoms with Crippen molar-refractivity contribution in [2.24, 2.45) is 5.10 Å². The van der Waals surface area contributed by atoms with E-state index in [4.69, 9.17) is 18.9 Å². The zero-order valence-electron chi connectivity index (χ0n) is 21.2.